The number of benzene rings is 1. The normalized spacial score (nSPS) is 24.5. The van der Waals surface area contributed by atoms with Crippen molar-refractivity contribution in [1.82, 2.24) is 9.80 Å². The van der Waals surface area contributed by atoms with Gasteiger partial charge in [0.25, 0.3) is 5.91 Å². The highest BCUT2D eigenvalue weighted by molar-refractivity contribution is 5.99. The highest BCUT2D eigenvalue weighted by Crippen LogP contribution is 2.39. The van der Waals surface area contributed by atoms with Gasteiger partial charge in [0, 0.05) is 37.8 Å². The molecule has 0 bridgehead atoms. The number of rotatable bonds is 3. The van der Waals surface area contributed by atoms with E-state index in [4.69, 9.17) is 0 Å². The smallest absolute Gasteiger partial charge is 0.332 e. The first-order chi connectivity index (χ1) is 12.1. The highest BCUT2D eigenvalue weighted by atomic mass is 19.4. The Morgan fingerprint density at radius 1 is 1.19 bits per heavy atom. The van der Waals surface area contributed by atoms with E-state index >= 15 is 0 Å². The van der Waals surface area contributed by atoms with Gasteiger partial charge < -0.3 is 4.90 Å². The van der Waals surface area contributed by atoms with Gasteiger partial charge in [-0.25, -0.2) is 8.78 Å². The fraction of sp³-hybridized carbons (Fsp3) is 0.611. The number of carbonyl (C=O) groups excluding carboxylic acids is 1. The summed E-state index contributed by atoms with van der Waals surface area (Å²) in [7, 11) is 0. The first kappa shape index (κ1) is 19.1. The fourth-order valence-corrected chi connectivity index (χ4v) is 3.59. The van der Waals surface area contributed by atoms with Crippen LogP contribution in [0.3, 0.4) is 0 Å². The lowest BCUT2D eigenvalue weighted by Gasteiger charge is -2.31. The van der Waals surface area contributed by atoms with E-state index in [2.05, 4.69) is 0 Å². The van der Waals surface area contributed by atoms with Crippen molar-refractivity contribution >= 4 is 5.91 Å². The third kappa shape index (κ3) is 3.56. The largest absolute Gasteiger partial charge is 0.416 e. The molecule has 144 valence electrons. The quantitative estimate of drug-likeness (QED) is 0.746. The van der Waals surface area contributed by atoms with E-state index in [1.54, 1.807) is 18.7 Å². The van der Waals surface area contributed by atoms with Gasteiger partial charge in [-0.05, 0) is 43.5 Å². The maximum atomic E-state index is 13.6. The first-order valence-electron chi connectivity index (χ1n) is 8.62. The number of carbonyl (C=O) groups is 1. The van der Waals surface area contributed by atoms with Crippen molar-refractivity contribution < 1.29 is 26.7 Å². The molecule has 0 aliphatic carbocycles. The Morgan fingerprint density at radius 2 is 1.88 bits per heavy atom. The molecule has 2 aliphatic heterocycles. The maximum Gasteiger partial charge on any atom is 0.416 e. The summed E-state index contributed by atoms with van der Waals surface area (Å²) >= 11 is 0. The van der Waals surface area contributed by atoms with Gasteiger partial charge in [0.15, 0.2) is 0 Å². The standard InChI is InChI=1S/C18H21F5N2O/c1-10(2)25-8-13-12(17(25)26)5-11(6-14(13)18(21,22)23)7-24-4-3-15(19)16(20)9-24/h5-6,10,15-16H,3-4,7-9H2,1-2H3. The second-order valence-corrected chi connectivity index (χ2v) is 7.25. The van der Waals surface area contributed by atoms with Crippen LogP contribution in [0.2, 0.25) is 0 Å². The lowest BCUT2D eigenvalue weighted by molar-refractivity contribution is -0.138. The minimum atomic E-state index is -4.58. The third-order valence-electron chi connectivity index (χ3n) is 5.01. The fourth-order valence-electron chi connectivity index (χ4n) is 3.59. The van der Waals surface area contributed by atoms with Crippen LogP contribution < -0.4 is 0 Å². The van der Waals surface area contributed by atoms with Crippen LogP contribution in [0.15, 0.2) is 12.1 Å². The van der Waals surface area contributed by atoms with Crippen LogP contribution in [0.4, 0.5) is 22.0 Å². The van der Waals surface area contributed by atoms with Gasteiger partial charge in [0.1, 0.15) is 12.3 Å². The van der Waals surface area contributed by atoms with E-state index in [0.29, 0.717) is 5.56 Å². The first-order valence-corrected chi connectivity index (χ1v) is 8.62. The zero-order valence-electron chi connectivity index (χ0n) is 14.6. The summed E-state index contributed by atoms with van der Waals surface area (Å²) in [6.07, 6.45) is -7.74. The molecule has 0 N–H and O–H groups in total. The number of hydrogen-bond donors (Lipinski definition) is 0. The molecule has 0 saturated carbocycles. The lowest BCUT2D eigenvalue weighted by Crippen LogP contribution is -2.42. The summed E-state index contributed by atoms with van der Waals surface area (Å²) in [6.45, 7) is 3.60. The van der Waals surface area contributed by atoms with Gasteiger partial charge >= 0.3 is 6.18 Å². The molecule has 0 aromatic heterocycles. The highest BCUT2D eigenvalue weighted by Gasteiger charge is 2.41. The van der Waals surface area contributed by atoms with Crippen LogP contribution in [-0.2, 0) is 19.3 Å². The predicted octanol–water partition coefficient (Wildman–Crippen LogP) is 3.95. The van der Waals surface area contributed by atoms with E-state index in [1.807, 2.05) is 0 Å². The molecule has 0 radical (unpaired) electrons. The van der Waals surface area contributed by atoms with Crippen molar-refractivity contribution in [1.29, 1.82) is 0 Å². The summed E-state index contributed by atoms with van der Waals surface area (Å²) in [4.78, 5) is 15.5. The summed E-state index contributed by atoms with van der Waals surface area (Å²) in [6, 6.07) is 2.28. The number of fused-ring (bicyclic) bond motifs is 1. The number of likely N-dealkylation sites (tertiary alicyclic amines) is 1. The second kappa shape index (κ2) is 6.79. The summed E-state index contributed by atoms with van der Waals surface area (Å²) in [5.41, 5.74) is -0.482. The molecule has 1 aromatic carbocycles. The maximum absolute atomic E-state index is 13.6. The number of hydrogen-bond acceptors (Lipinski definition) is 2. The molecular formula is C18H21F5N2O. The molecule has 2 heterocycles. The van der Waals surface area contributed by atoms with Crippen molar-refractivity contribution in [3.63, 3.8) is 0 Å². The van der Waals surface area contributed by atoms with Crippen LogP contribution in [0, 0.1) is 0 Å². The zero-order valence-corrected chi connectivity index (χ0v) is 14.6. The van der Waals surface area contributed by atoms with Crippen molar-refractivity contribution in [2.75, 3.05) is 13.1 Å². The van der Waals surface area contributed by atoms with Gasteiger partial charge in [-0.1, -0.05) is 0 Å². The van der Waals surface area contributed by atoms with E-state index in [1.165, 1.54) is 11.0 Å². The van der Waals surface area contributed by atoms with Crippen molar-refractivity contribution in [3.05, 3.63) is 34.4 Å². The summed E-state index contributed by atoms with van der Waals surface area (Å²) in [5, 5.41) is 0. The minimum Gasteiger partial charge on any atom is -0.332 e. The van der Waals surface area contributed by atoms with Gasteiger partial charge in [-0.3, -0.25) is 9.69 Å². The topological polar surface area (TPSA) is 23.6 Å². The Balaban J connectivity index is 1.93. The van der Waals surface area contributed by atoms with E-state index < -0.39 is 30.0 Å². The average Bonchev–Trinajstić information content (AvgIpc) is 2.87. The van der Waals surface area contributed by atoms with Crippen molar-refractivity contribution in [3.8, 4) is 0 Å². The molecule has 1 amide bonds. The molecule has 2 unspecified atom stereocenters. The Hall–Kier alpha value is -1.70. The summed E-state index contributed by atoms with van der Waals surface area (Å²) < 4.78 is 67.4. The van der Waals surface area contributed by atoms with Crippen molar-refractivity contribution in [2.45, 2.75) is 57.9 Å². The molecule has 3 rings (SSSR count). The lowest BCUT2D eigenvalue weighted by atomic mass is 9.98. The molecular weight excluding hydrogens is 355 g/mol. The van der Waals surface area contributed by atoms with Crippen LogP contribution in [0.25, 0.3) is 0 Å². The van der Waals surface area contributed by atoms with Crippen LogP contribution in [0.1, 0.15) is 47.3 Å². The molecule has 2 atom stereocenters. The van der Waals surface area contributed by atoms with Crippen LogP contribution in [-0.4, -0.2) is 47.2 Å². The zero-order chi connectivity index (χ0) is 19.2. The van der Waals surface area contributed by atoms with Crippen LogP contribution in [0.5, 0.6) is 0 Å². The molecule has 26 heavy (non-hydrogen) atoms. The van der Waals surface area contributed by atoms with E-state index in [-0.39, 0.29) is 49.8 Å². The predicted molar refractivity (Wildman–Crippen MR) is 86.1 cm³/mol. The molecule has 1 saturated heterocycles. The van der Waals surface area contributed by atoms with Gasteiger partial charge in [0.05, 0.1) is 5.56 Å². The number of amides is 1. The van der Waals surface area contributed by atoms with Crippen LogP contribution >= 0.6 is 0 Å². The Morgan fingerprint density at radius 3 is 2.46 bits per heavy atom. The van der Waals surface area contributed by atoms with E-state index in [0.717, 1.165) is 6.07 Å². The molecule has 1 aromatic rings. The monoisotopic (exact) mass is 376 g/mol. The van der Waals surface area contributed by atoms with Gasteiger partial charge in [-0.2, -0.15) is 13.2 Å². The third-order valence-corrected chi connectivity index (χ3v) is 5.01. The van der Waals surface area contributed by atoms with Crippen molar-refractivity contribution in [2.24, 2.45) is 0 Å². The number of nitrogens with zero attached hydrogens (tertiary/aromatic N) is 2. The number of piperidine rings is 1. The molecule has 3 nitrogen and oxygen atoms in total. The molecule has 0 spiro atoms. The number of halogens is 5. The molecule has 8 heteroatoms. The Kier molecular flexibility index (Phi) is 4.98. The van der Waals surface area contributed by atoms with Gasteiger partial charge in [0.2, 0.25) is 0 Å². The molecule has 1 fully saturated rings. The average molecular weight is 376 g/mol. The van der Waals surface area contributed by atoms with Gasteiger partial charge in [-0.15, -0.1) is 0 Å². The second-order valence-electron chi connectivity index (χ2n) is 7.25. The Bertz CT molecular complexity index is 704. The van der Waals surface area contributed by atoms with E-state index in [9.17, 15) is 26.7 Å². The minimum absolute atomic E-state index is 0.00853. The summed E-state index contributed by atoms with van der Waals surface area (Å²) in [5.74, 6) is -0.423. The number of alkyl halides is 5. The SMILES string of the molecule is CC(C)N1Cc2c(cc(CN3CCC(F)C(F)C3)cc2C(F)(F)F)C1=O. The molecule has 2 aliphatic rings. The Labute approximate surface area is 148 Å².